The molecule has 0 radical (unpaired) electrons. The molecule has 37 heavy (non-hydrogen) atoms. The van der Waals surface area contributed by atoms with Crippen molar-refractivity contribution in [1.29, 1.82) is 0 Å². The van der Waals surface area contributed by atoms with Gasteiger partial charge in [0, 0.05) is 34.1 Å². The maximum atomic E-state index is 13.2. The third-order valence-electron chi connectivity index (χ3n) is 6.49. The molecule has 1 unspecified atom stereocenters. The predicted octanol–water partition coefficient (Wildman–Crippen LogP) is 3.97. The number of fused-ring (bicyclic) bond motifs is 4. The van der Waals surface area contributed by atoms with Gasteiger partial charge in [0.1, 0.15) is 4.91 Å². The van der Waals surface area contributed by atoms with Crippen molar-refractivity contribution in [2.24, 2.45) is 15.2 Å². The van der Waals surface area contributed by atoms with Crippen LogP contribution in [0.4, 0.5) is 17.2 Å². The number of nitro groups is 1. The summed E-state index contributed by atoms with van der Waals surface area (Å²) in [6, 6.07) is 10.1. The standard InChI is InChI=1S/C24H16N6O6S/c1-12-21(24-25-17-10-9-13(30(33)34)11-19(17)37(35,36)29(24)28-12)27-26-18-8-4-7-16-20(18)23(32)15-6-3-2-5-14(15)22(16)31/h2-8,11,13H,9-10H2,1H3. The topological polar surface area (TPSA) is 166 Å². The number of aryl methyl sites for hydroxylation is 1. The van der Waals surface area contributed by atoms with Gasteiger partial charge in [-0.05, 0) is 19.4 Å². The molecular weight excluding hydrogens is 500 g/mol. The first kappa shape index (κ1) is 22.8. The average Bonchev–Trinajstić information content (AvgIpc) is 3.21. The number of azo groups is 1. The van der Waals surface area contributed by atoms with Crippen molar-refractivity contribution in [2.45, 2.75) is 25.8 Å². The number of allylic oxidation sites excluding steroid dienone is 1. The molecule has 12 nitrogen and oxygen atoms in total. The summed E-state index contributed by atoms with van der Waals surface area (Å²) in [4.78, 5) is 41.1. The second-order valence-corrected chi connectivity index (χ2v) is 10.4. The van der Waals surface area contributed by atoms with Crippen LogP contribution >= 0.6 is 0 Å². The van der Waals surface area contributed by atoms with Gasteiger partial charge in [0.25, 0.3) is 10.0 Å². The lowest BCUT2D eigenvalue weighted by Gasteiger charge is -2.22. The Morgan fingerprint density at radius 3 is 2.46 bits per heavy atom. The molecule has 2 aromatic carbocycles. The Balaban J connectivity index is 1.45. The molecule has 0 saturated heterocycles. The number of ketones is 2. The minimum Gasteiger partial charge on any atom is -0.289 e. The fourth-order valence-electron chi connectivity index (χ4n) is 4.67. The maximum absolute atomic E-state index is 13.2. The van der Waals surface area contributed by atoms with E-state index < -0.39 is 21.0 Å². The SMILES string of the molecule is Cc1nn2c(c1N=Nc1cccc3c1C(=O)c1ccccc1C3=O)N=C1CCC([N+](=O)[O-])C=C1S2(=O)=O. The number of rotatable bonds is 3. The Hall–Kier alpha value is -4.65. The molecule has 6 rings (SSSR count). The summed E-state index contributed by atoms with van der Waals surface area (Å²) in [6.45, 7) is 1.53. The summed E-state index contributed by atoms with van der Waals surface area (Å²) in [5.74, 6) is -0.748. The summed E-state index contributed by atoms with van der Waals surface area (Å²) in [7, 11) is -4.23. The molecule has 0 bridgehead atoms. The monoisotopic (exact) mass is 516 g/mol. The lowest BCUT2D eigenvalue weighted by molar-refractivity contribution is -0.510. The quantitative estimate of drug-likeness (QED) is 0.226. The van der Waals surface area contributed by atoms with E-state index in [0.717, 1.165) is 6.08 Å². The van der Waals surface area contributed by atoms with Crippen molar-refractivity contribution < 1.29 is 22.9 Å². The Bertz CT molecular complexity index is 1780. The number of benzene rings is 2. The second-order valence-electron chi connectivity index (χ2n) is 8.69. The minimum absolute atomic E-state index is 0.0686. The highest BCUT2D eigenvalue weighted by atomic mass is 32.2. The zero-order chi connectivity index (χ0) is 26.1. The van der Waals surface area contributed by atoms with Crippen molar-refractivity contribution in [1.82, 2.24) is 9.19 Å². The maximum Gasteiger partial charge on any atom is 0.286 e. The lowest BCUT2D eigenvalue weighted by atomic mass is 9.83. The van der Waals surface area contributed by atoms with Crippen molar-refractivity contribution >= 4 is 44.5 Å². The number of aromatic nitrogens is 2. The van der Waals surface area contributed by atoms with Crippen LogP contribution in [0.15, 0.2) is 68.7 Å². The average molecular weight is 516 g/mol. The van der Waals surface area contributed by atoms with Crippen molar-refractivity contribution in [3.05, 3.63) is 91.5 Å². The van der Waals surface area contributed by atoms with Gasteiger partial charge in [0.15, 0.2) is 23.1 Å². The van der Waals surface area contributed by atoms with E-state index in [1.807, 2.05) is 0 Å². The summed E-state index contributed by atoms with van der Waals surface area (Å²) in [5.41, 5.74) is 1.49. The van der Waals surface area contributed by atoms with Crippen LogP contribution < -0.4 is 0 Å². The van der Waals surface area contributed by atoms with Crippen molar-refractivity contribution in [3.63, 3.8) is 0 Å². The van der Waals surface area contributed by atoms with Crippen LogP contribution in [-0.2, 0) is 10.0 Å². The molecule has 13 heteroatoms. The molecule has 0 saturated carbocycles. The van der Waals surface area contributed by atoms with Crippen LogP contribution in [0.1, 0.15) is 50.4 Å². The molecule has 3 aromatic rings. The summed E-state index contributed by atoms with van der Waals surface area (Å²) >= 11 is 0. The van der Waals surface area contributed by atoms with Crippen LogP contribution in [0.5, 0.6) is 0 Å². The molecule has 2 heterocycles. The van der Waals surface area contributed by atoms with Crippen LogP contribution in [0.3, 0.4) is 0 Å². The minimum atomic E-state index is -4.23. The molecular formula is C24H16N6O6S. The molecule has 184 valence electrons. The highest BCUT2D eigenvalue weighted by Crippen LogP contribution is 2.41. The van der Waals surface area contributed by atoms with Crippen molar-refractivity contribution in [3.8, 4) is 0 Å². The molecule has 1 atom stereocenters. The van der Waals surface area contributed by atoms with Gasteiger partial charge in [-0.3, -0.25) is 19.7 Å². The van der Waals surface area contributed by atoms with Gasteiger partial charge in [-0.2, -0.15) is 13.5 Å². The molecule has 2 aliphatic carbocycles. The third-order valence-corrected chi connectivity index (χ3v) is 8.12. The van der Waals surface area contributed by atoms with E-state index in [0.29, 0.717) is 9.65 Å². The van der Waals surface area contributed by atoms with Gasteiger partial charge in [0.2, 0.25) is 6.04 Å². The summed E-state index contributed by atoms with van der Waals surface area (Å²) < 4.78 is 27.1. The summed E-state index contributed by atoms with van der Waals surface area (Å²) in [6.07, 6.45) is 1.30. The Labute approximate surface area is 209 Å². The van der Waals surface area contributed by atoms with E-state index in [1.54, 1.807) is 36.4 Å². The highest BCUT2D eigenvalue weighted by molar-refractivity contribution is 7.95. The molecule has 1 aromatic heterocycles. The van der Waals surface area contributed by atoms with Gasteiger partial charge in [-0.15, -0.1) is 14.3 Å². The Morgan fingerprint density at radius 1 is 1.03 bits per heavy atom. The van der Waals surface area contributed by atoms with E-state index in [9.17, 15) is 28.1 Å². The Kier molecular flexibility index (Phi) is 4.88. The smallest absolute Gasteiger partial charge is 0.286 e. The fourth-order valence-corrected chi connectivity index (χ4v) is 6.22. The first-order chi connectivity index (χ1) is 17.7. The van der Waals surface area contributed by atoms with Crippen LogP contribution in [0.25, 0.3) is 0 Å². The number of nitrogens with zero attached hydrogens (tertiary/aromatic N) is 6. The number of aliphatic imine (C=N–C) groups is 1. The van der Waals surface area contributed by atoms with Crippen LogP contribution in [-0.4, -0.2) is 45.8 Å². The lowest BCUT2D eigenvalue weighted by Crippen LogP contribution is -2.32. The third kappa shape index (κ3) is 3.31. The zero-order valence-corrected chi connectivity index (χ0v) is 20.0. The van der Waals surface area contributed by atoms with E-state index >= 15 is 0 Å². The second kappa shape index (κ2) is 7.93. The highest BCUT2D eigenvalue weighted by Gasteiger charge is 2.40. The van der Waals surface area contributed by atoms with Crippen molar-refractivity contribution in [2.75, 3.05) is 0 Å². The molecule has 0 spiro atoms. The van der Waals surface area contributed by atoms with E-state index in [-0.39, 0.29) is 74.6 Å². The molecule has 1 aliphatic heterocycles. The first-order valence-corrected chi connectivity index (χ1v) is 12.6. The molecule has 0 amide bonds. The first-order valence-electron chi connectivity index (χ1n) is 11.2. The predicted molar refractivity (Wildman–Crippen MR) is 130 cm³/mol. The normalized spacial score (nSPS) is 19.4. The van der Waals surface area contributed by atoms with Gasteiger partial charge >= 0.3 is 0 Å². The number of carbonyl (C=O) groups is 2. The molecule has 3 aliphatic rings. The number of hydrogen-bond acceptors (Lipinski definition) is 10. The summed E-state index contributed by atoms with van der Waals surface area (Å²) in [5, 5.41) is 23.7. The van der Waals surface area contributed by atoms with E-state index in [4.69, 9.17) is 0 Å². The van der Waals surface area contributed by atoms with E-state index in [1.165, 1.54) is 13.0 Å². The number of carbonyl (C=O) groups excluding carboxylic acids is 2. The van der Waals surface area contributed by atoms with Gasteiger partial charge in [-0.25, -0.2) is 4.99 Å². The van der Waals surface area contributed by atoms with Gasteiger partial charge < -0.3 is 0 Å². The number of hydrogen-bond donors (Lipinski definition) is 0. The van der Waals surface area contributed by atoms with Gasteiger partial charge in [0.05, 0.1) is 22.7 Å². The van der Waals surface area contributed by atoms with Crippen LogP contribution in [0.2, 0.25) is 0 Å². The zero-order valence-electron chi connectivity index (χ0n) is 19.2. The Morgan fingerprint density at radius 2 is 1.73 bits per heavy atom. The largest absolute Gasteiger partial charge is 0.289 e. The van der Waals surface area contributed by atoms with Crippen LogP contribution in [0, 0.1) is 17.0 Å². The molecule has 0 N–H and O–H groups in total. The van der Waals surface area contributed by atoms with Gasteiger partial charge in [-0.1, -0.05) is 36.4 Å². The fraction of sp³-hybridized carbons (Fsp3) is 0.167. The molecule has 0 fully saturated rings. The van der Waals surface area contributed by atoms with E-state index in [2.05, 4.69) is 20.3 Å².